The number of anilines is 4. The molecule has 7 nitrogen and oxygen atoms in total. The van der Waals surface area contributed by atoms with Gasteiger partial charge in [-0.15, -0.1) is 0 Å². The molecule has 1 aliphatic heterocycles. The van der Waals surface area contributed by atoms with Crippen LogP contribution in [0.15, 0.2) is 42.6 Å². The van der Waals surface area contributed by atoms with Gasteiger partial charge in [0, 0.05) is 30.2 Å². The third-order valence-corrected chi connectivity index (χ3v) is 5.83. The average molecular weight is 477 g/mol. The van der Waals surface area contributed by atoms with Gasteiger partial charge >= 0.3 is 0 Å². The molecule has 0 aliphatic carbocycles. The smallest absolute Gasteiger partial charge is 0.256 e. The molecule has 0 atom stereocenters. The summed E-state index contributed by atoms with van der Waals surface area (Å²) >= 11 is 0. The quantitative estimate of drug-likeness (QED) is 0.392. The lowest BCUT2D eigenvalue weighted by molar-refractivity contribution is 0.0943. The Balaban J connectivity index is 1.68. The van der Waals surface area contributed by atoms with Crippen molar-refractivity contribution in [1.29, 1.82) is 0 Å². The monoisotopic (exact) mass is 476 g/mol. The average Bonchev–Trinajstić information content (AvgIpc) is 2.78. The van der Waals surface area contributed by atoms with E-state index in [1.165, 1.54) is 29.5 Å². The molecule has 2 aromatic carbocycles. The van der Waals surface area contributed by atoms with E-state index in [1.807, 2.05) is 46.8 Å². The van der Waals surface area contributed by atoms with Crippen molar-refractivity contribution in [3.8, 4) is 0 Å². The van der Waals surface area contributed by atoms with Gasteiger partial charge in [0.25, 0.3) is 5.91 Å². The van der Waals surface area contributed by atoms with E-state index in [9.17, 15) is 9.18 Å². The molecule has 35 heavy (non-hydrogen) atoms. The van der Waals surface area contributed by atoms with Gasteiger partial charge in [-0.2, -0.15) is 4.98 Å². The van der Waals surface area contributed by atoms with Gasteiger partial charge in [0.15, 0.2) is 0 Å². The Morgan fingerprint density at radius 2 is 1.86 bits per heavy atom. The van der Waals surface area contributed by atoms with E-state index in [0.717, 1.165) is 30.8 Å². The predicted molar refractivity (Wildman–Crippen MR) is 138 cm³/mol. The summed E-state index contributed by atoms with van der Waals surface area (Å²) < 4.78 is 14.4. The van der Waals surface area contributed by atoms with Crippen LogP contribution in [0.5, 0.6) is 0 Å². The third kappa shape index (κ3) is 6.14. The van der Waals surface area contributed by atoms with Crippen LogP contribution in [0.2, 0.25) is 0 Å². The standard InChI is InChI=1S/C27H33FN6O/c1-16(2)31-25(35)23-15-30-26(33-21-7-6-17-8-9-29-14-18(17)10-21)34-24(23)32-22-12-19(27(3,4)5)11-20(28)13-22/h6-7,10-13,15-16,29H,8-9,14H2,1-5H3,(H,31,35)(H2,30,32,33,34). The first-order chi connectivity index (χ1) is 16.6. The number of fused-ring (bicyclic) bond motifs is 1. The molecule has 4 rings (SSSR count). The fraction of sp³-hybridized carbons (Fsp3) is 0.370. The van der Waals surface area contributed by atoms with Crippen LogP contribution in [0, 0.1) is 5.82 Å². The predicted octanol–water partition coefficient (Wildman–Crippen LogP) is 5.18. The van der Waals surface area contributed by atoms with Gasteiger partial charge in [-0.1, -0.05) is 26.8 Å². The normalized spacial score (nSPS) is 13.3. The lowest BCUT2D eigenvalue weighted by Gasteiger charge is -2.21. The highest BCUT2D eigenvalue weighted by Crippen LogP contribution is 2.29. The van der Waals surface area contributed by atoms with Gasteiger partial charge in [0.05, 0.1) is 0 Å². The molecular formula is C27H33FN6O. The second-order valence-corrected chi connectivity index (χ2v) is 10.2. The van der Waals surface area contributed by atoms with E-state index in [-0.39, 0.29) is 28.7 Å². The van der Waals surface area contributed by atoms with E-state index < -0.39 is 0 Å². The summed E-state index contributed by atoms with van der Waals surface area (Å²) in [7, 11) is 0. The molecule has 0 saturated carbocycles. The first-order valence-electron chi connectivity index (χ1n) is 11.9. The Hall–Kier alpha value is -3.52. The van der Waals surface area contributed by atoms with Gasteiger partial charge in [-0.3, -0.25) is 4.79 Å². The molecule has 184 valence electrons. The zero-order chi connectivity index (χ0) is 25.2. The number of amides is 1. The van der Waals surface area contributed by atoms with Gasteiger partial charge in [0.1, 0.15) is 17.2 Å². The van der Waals surface area contributed by atoms with Crippen molar-refractivity contribution in [2.75, 3.05) is 17.2 Å². The number of carbonyl (C=O) groups excluding carboxylic acids is 1. The number of hydrogen-bond acceptors (Lipinski definition) is 6. The number of halogens is 1. The minimum Gasteiger partial charge on any atom is -0.350 e. The molecule has 0 spiro atoms. The summed E-state index contributed by atoms with van der Waals surface area (Å²) in [6.07, 6.45) is 2.49. The number of carbonyl (C=O) groups is 1. The highest BCUT2D eigenvalue weighted by atomic mass is 19.1. The molecule has 4 N–H and O–H groups in total. The summed E-state index contributed by atoms with van der Waals surface area (Å²) in [4.78, 5) is 21.8. The maximum atomic E-state index is 14.4. The fourth-order valence-electron chi connectivity index (χ4n) is 3.96. The summed E-state index contributed by atoms with van der Waals surface area (Å²) in [6, 6.07) is 10.9. The Labute approximate surface area is 206 Å². The second-order valence-electron chi connectivity index (χ2n) is 10.2. The molecule has 1 amide bonds. The van der Waals surface area contributed by atoms with Gasteiger partial charge < -0.3 is 21.3 Å². The minimum atomic E-state index is -0.358. The van der Waals surface area contributed by atoms with Crippen LogP contribution in [0.25, 0.3) is 0 Å². The van der Waals surface area contributed by atoms with Crippen LogP contribution in [0.1, 0.15) is 61.7 Å². The topological polar surface area (TPSA) is 91.0 Å². The summed E-state index contributed by atoms with van der Waals surface area (Å²) in [5, 5.41) is 12.6. The lowest BCUT2D eigenvalue weighted by Crippen LogP contribution is -2.31. The zero-order valence-corrected chi connectivity index (χ0v) is 20.9. The second kappa shape index (κ2) is 10.00. The van der Waals surface area contributed by atoms with E-state index in [2.05, 4.69) is 43.4 Å². The van der Waals surface area contributed by atoms with Crippen LogP contribution in [-0.2, 0) is 18.4 Å². The molecule has 3 aromatic rings. The van der Waals surface area contributed by atoms with Crippen molar-refractivity contribution in [3.05, 3.63) is 70.7 Å². The molecule has 0 radical (unpaired) electrons. The Morgan fingerprint density at radius 3 is 2.60 bits per heavy atom. The number of aromatic nitrogens is 2. The van der Waals surface area contributed by atoms with Gasteiger partial charge in [-0.25, -0.2) is 9.37 Å². The van der Waals surface area contributed by atoms with Crippen LogP contribution in [-0.4, -0.2) is 28.5 Å². The van der Waals surface area contributed by atoms with Crippen molar-refractivity contribution in [1.82, 2.24) is 20.6 Å². The van der Waals surface area contributed by atoms with Crippen LogP contribution in [0.3, 0.4) is 0 Å². The first kappa shape index (κ1) is 24.6. The molecule has 0 fully saturated rings. The number of hydrogen-bond donors (Lipinski definition) is 4. The highest BCUT2D eigenvalue weighted by molar-refractivity contribution is 5.99. The van der Waals surface area contributed by atoms with Crippen LogP contribution in [0.4, 0.5) is 27.5 Å². The number of benzene rings is 2. The minimum absolute atomic E-state index is 0.0566. The van der Waals surface area contributed by atoms with Crippen molar-refractivity contribution in [2.45, 2.75) is 59.0 Å². The third-order valence-electron chi connectivity index (χ3n) is 5.83. The van der Waals surface area contributed by atoms with Gasteiger partial charge in [-0.05, 0) is 79.3 Å². The maximum absolute atomic E-state index is 14.4. The summed E-state index contributed by atoms with van der Waals surface area (Å²) in [5.74, 6) is -0.0277. The molecule has 0 saturated heterocycles. The SMILES string of the molecule is CC(C)NC(=O)c1cnc(Nc2ccc3c(c2)CNCC3)nc1Nc1cc(F)cc(C(C)(C)C)c1. The van der Waals surface area contributed by atoms with Crippen molar-refractivity contribution < 1.29 is 9.18 Å². The van der Waals surface area contributed by atoms with Crippen LogP contribution < -0.4 is 21.3 Å². The van der Waals surface area contributed by atoms with Crippen LogP contribution >= 0.6 is 0 Å². The number of nitrogens with zero attached hydrogens (tertiary/aromatic N) is 2. The van der Waals surface area contributed by atoms with E-state index >= 15 is 0 Å². The Morgan fingerprint density at radius 1 is 1.06 bits per heavy atom. The first-order valence-corrected chi connectivity index (χ1v) is 11.9. The molecule has 1 aliphatic rings. The largest absolute Gasteiger partial charge is 0.350 e. The Bertz CT molecular complexity index is 1230. The molecule has 2 heterocycles. The summed E-state index contributed by atoms with van der Waals surface area (Å²) in [6.45, 7) is 11.6. The van der Waals surface area contributed by atoms with Crippen molar-refractivity contribution in [2.24, 2.45) is 0 Å². The highest BCUT2D eigenvalue weighted by Gasteiger charge is 2.19. The molecule has 0 unspecified atom stereocenters. The lowest BCUT2D eigenvalue weighted by atomic mass is 9.87. The van der Waals surface area contributed by atoms with Crippen molar-refractivity contribution in [3.63, 3.8) is 0 Å². The molecule has 8 heteroatoms. The summed E-state index contributed by atoms with van der Waals surface area (Å²) in [5.41, 5.74) is 4.82. The maximum Gasteiger partial charge on any atom is 0.256 e. The van der Waals surface area contributed by atoms with E-state index in [0.29, 0.717) is 17.5 Å². The molecule has 1 aromatic heterocycles. The number of nitrogens with one attached hydrogen (secondary N) is 4. The Kier molecular flexibility index (Phi) is 7.03. The number of rotatable bonds is 6. The zero-order valence-electron chi connectivity index (χ0n) is 20.9. The van der Waals surface area contributed by atoms with Crippen molar-refractivity contribution >= 4 is 29.0 Å². The van der Waals surface area contributed by atoms with Gasteiger partial charge in [0.2, 0.25) is 5.95 Å². The molecular weight excluding hydrogens is 443 g/mol. The molecule has 0 bridgehead atoms. The fourth-order valence-corrected chi connectivity index (χ4v) is 3.96. The van der Waals surface area contributed by atoms with E-state index in [4.69, 9.17) is 0 Å². The van der Waals surface area contributed by atoms with E-state index in [1.54, 1.807) is 0 Å².